The van der Waals surface area contributed by atoms with Gasteiger partial charge in [0.05, 0.1) is 10.7 Å². The van der Waals surface area contributed by atoms with E-state index in [-0.39, 0.29) is 0 Å². The summed E-state index contributed by atoms with van der Waals surface area (Å²) in [7, 11) is 0. The molecule has 1 aromatic heterocycles. The molecule has 0 spiro atoms. The van der Waals surface area contributed by atoms with E-state index < -0.39 is 0 Å². The van der Waals surface area contributed by atoms with E-state index in [1.54, 1.807) is 11.3 Å². The van der Waals surface area contributed by atoms with Crippen molar-refractivity contribution in [3.8, 4) is 11.3 Å². The summed E-state index contributed by atoms with van der Waals surface area (Å²) in [6, 6.07) is 12.5. The molecule has 4 heteroatoms. The van der Waals surface area contributed by atoms with Gasteiger partial charge in [-0.3, -0.25) is 0 Å². The summed E-state index contributed by atoms with van der Waals surface area (Å²) in [6.07, 6.45) is 1.96. The van der Waals surface area contributed by atoms with Crippen molar-refractivity contribution in [2.45, 2.75) is 26.7 Å². The predicted octanol–water partition coefficient (Wildman–Crippen LogP) is 6.61. The van der Waals surface area contributed by atoms with Crippen LogP contribution in [0.4, 0.5) is 0 Å². The second-order valence-electron chi connectivity index (χ2n) is 5.95. The summed E-state index contributed by atoms with van der Waals surface area (Å²) >= 11 is 11.2. The Morgan fingerprint density at radius 3 is 2.42 bits per heavy atom. The van der Waals surface area contributed by atoms with E-state index in [4.69, 9.17) is 16.6 Å². The lowest BCUT2D eigenvalue weighted by atomic mass is 9.97. The smallest absolute Gasteiger partial charge is 0.0976 e. The molecule has 0 aliphatic heterocycles. The second-order valence-corrected chi connectivity index (χ2v) is 8.13. The maximum atomic E-state index is 5.96. The van der Waals surface area contributed by atoms with Crippen molar-refractivity contribution in [1.82, 2.24) is 4.98 Å². The van der Waals surface area contributed by atoms with Gasteiger partial charge in [0.2, 0.25) is 0 Å². The van der Waals surface area contributed by atoms with Crippen molar-refractivity contribution in [2.24, 2.45) is 0 Å². The SMILES string of the molecule is Cc1cc(Cc2nc(-c3ccc(Cl)cc3)cs2)c(C)cc1CCBr. The molecule has 0 N–H and O–H groups in total. The normalized spacial score (nSPS) is 11.0. The first-order valence-corrected chi connectivity index (χ1v) is 10.3. The van der Waals surface area contributed by atoms with Crippen molar-refractivity contribution in [3.63, 3.8) is 0 Å². The number of hydrogen-bond acceptors (Lipinski definition) is 2. The first-order chi connectivity index (χ1) is 11.6. The van der Waals surface area contributed by atoms with Crippen LogP contribution in [0.2, 0.25) is 5.02 Å². The standard InChI is InChI=1S/C20H19BrClNS/c1-13-10-17(14(2)9-16(13)7-8-21)11-20-23-19(12-24-20)15-3-5-18(22)6-4-15/h3-6,9-10,12H,7-8,11H2,1-2H3. The molecule has 0 fully saturated rings. The molecular formula is C20H19BrClNS. The first-order valence-electron chi connectivity index (χ1n) is 7.92. The fourth-order valence-electron chi connectivity index (χ4n) is 2.81. The van der Waals surface area contributed by atoms with Gasteiger partial charge in [-0.25, -0.2) is 4.98 Å². The molecule has 3 rings (SSSR count). The molecular weight excluding hydrogens is 402 g/mol. The van der Waals surface area contributed by atoms with Gasteiger partial charge < -0.3 is 0 Å². The monoisotopic (exact) mass is 419 g/mol. The summed E-state index contributed by atoms with van der Waals surface area (Å²) in [5.41, 5.74) is 7.64. The lowest BCUT2D eigenvalue weighted by Crippen LogP contribution is -1.98. The molecule has 0 atom stereocenters. The Labute approximate surface area is 160 Å². The van der Waals surface area contributed by atoms with Gasteiger partial charge in [0.1, 0.15) is 0 Å². The zero-order valence-corrected chi connectivity index (χ0v) is 16.9. The van der Waals surface area contributed by atoms with Crippen LogP contribution in [0.15, 0.2) is 41.8 Å². The second kappa shape index (κ2) is 7.81. The van der Waals surface area contributed by atoms with E-state index in [1.807, 2.05) is 24.3 Å². The quantitative estimate of drug-likeness (QED) is 0.423. The highest BCUT2D eigenvalue weighted by Crippen LogP contribution is 2.26. The first kappa shape index (κ1) is 17.7. The third-order valence-electron chi connectivity index (χ3n) is 4.19. The molecule has 24 heavy (non-hydrogen) atoms. The number of aromatic nitrogens is 1. The molecule has 1 heterocycles. The maximum absolute atomic E-state index is 5.96. The zero-order valence-electron chi connectivity index (χ0n) is 13.8. The van der Waals surface area contributed by atoms with Gasteiger partial charge in [0, 0.05) is 27.7 Å². The predicted molar refractivity (Wildman–Crippen MR) is 109 cm³/mol. The molecule has 0 unspecified atom stereocenters. The van der Waals surface area contributed by atoms with Crippen LogP contribution in [-0.2, 0) is 12.8 Å². The van der Waals surface area contributed by atoms with E-state index in [2.05, 4.69) is 47.3 Å². The summed E-state index contributed by atoms with van der Waals surface area (Å²) in [6.45, 7) is 4.39. The third-order valence-corrected chi connectivity index (χ3v) is 5.69. The number of benzene rings is 2. The number of rotatable bonds is 5. The van der Waals surface area contributed by atoms with E-state index in [9.17, 15) is 0 Å². The molecule has 0 bridgehead atoms. The Hall–Kier alpha value is -1.16. The van der Waals surface area contributed by atoms with Crippen LogP contribution in [0.1, 0.15) is 27.3 Å². The highest BCUT2D eigenvalue weighted by Gasteiger charge is 2.09. The van der Waals surface area contributed by atoms with Crippen molar-refractivity contribution in [3.05, 3.63) is 74.1 Å². The van der Waals surface area contributed by atoms with E-state index >= 15 is 0 Å². The van der Waals surface area contributed by atoms with Crippen LogP contribution in [0.25, 0.3) is 11.3 Å². The van der Waals surface area contributed by atoms with E-state index in [0.717, 1.165) is 39.5 Å². The van der Waals surface area contributed by atoms with Gasteiger partial charge >= 0.3 is 0 Å². The minimum absolute atomic E-state index is 0.754. The fraction of sp³-hybridized carbons (Fsp3) is 0.250. The number of halogens is 2. The highest BCUT2D eigenvalue weighted by atomic mass is 79.9. The Kier molecular flexibility index (Phi) is 5.75. The number of aryl methyl sites for hydroxylation is 3. The van der Waals surface area contributed by atoms with Crippen LogP contribution < -0.4 is 0 Å². The van der Waals surface area contributed by atoms with Crippen LogP contribution in [-0.4, -0.2) is 10.3 Å². The lowest BCUT2D eigenvalue weighted by molar-refractivity contribution is 1.07. The van der Waals surface area contributed by atoms with Crippen molar-refractivity contribution in [1.29, 1.82) is 0 Å². The minimum atomic E-state index is 0.754. The molecule has 0 aliphatic carbocycles. The van der Waals surface area contributed by atoms with Gasteiger partial charge in [-0.05, 0) is 54.7 Å². The topological polar surface area (TPSA) is 12.9 Å². The average Bonchev–Trinajstić information content (AvgIpc) is 3.01. The van der Waals surface area contributed by atoms with Gasteiger partial charge in [0.25, 0.3) is 0 Å². The Balaban J connectivity index is 1.82. The fourth-order valence-corrected chi connectivity index (χ4v) is 4.19. The van der Waals surface area contributed by atoms with Gasteiger partial charge in [-0.15, -0.1) is 11.3 Å². The summed E-state index contributed by atoms with van der Waals surface area (Å²) in [5.74, 6) is 0. The van der Waals surface area contributed by atoms with E-state index in [0.29, 0.717) is 0 Å². The summed E-state index contributed by atoms with van der Waals surface area (Å²) < 4.78 is 0. The van der Waals surface area contributed by atoms with Crippen molar-refractivity contribution >= 4 is 38.9 Å². The maximum Gasteiger partial charge on any atom is 0.0976 e. The van der Waals surface area contributed by atoms with Crippen molar-refractivity contribution in [2.75, 3.05) is 5.33 Å². The summed E-state index contributed by atoms with van der Waals surface area (Å²) in [4.78, 5) is 4.80. The van der Waals surface area contributed by atoms with E-state index in [1.165, 1.54) is 22.3 Å². The Morgan fingerprint density at radius 2 is 1.71 bits per heavy atom. The molecule has 1 nitrogen and oxygen atoms in total. The lowest BCUT2D eigenvalue weighted by Gasteiger charge is -2.10. The van der Waals surface area contributed by atoms with Crippen LogP contribution in [0.5, 0.6) is 0 Å². The molecule has 0 radical (unpaired) electrons. The molecule has 0 saturated heterocycles. The molecule has 0 amide bonds. The van der Waals surface area contributed by atoms with Gasteiger partial charge in [-0.1, -0.05) is 51.8 Å². The number of hydrogen-bond donors (Lipinski definition) is 0. The number of alkyl halides is 1. The van der Waals surface area contributed by atoms with Gasteiger partial charge in [-0.2, -0.15) is 0 Å². The average molecular weight is 421 g/mol. The third kappa shape index (κ3) is 4.08. The van der Waals surface area contributed by atoms with Crippen molar-refractivity contribution < 1.29 is 0 Å². The molecule has 0 aliphatic rings. The molecule has 2 aromatic carbocycles. The Morgan fingerprint density at radius 1 is 1.04 bits per heavy atom. The largest absolute Gasteiger partial charge is 0.241 e. The Bertz CT molecular complexity index is 839. The molecule has 124 valence electrons. The summed E-state index contributed by atoms with van der Waals surface area (Å²) in [5, 5.41) is 5.03. The number of nitrogens with zero attached hydrogens (tertiary/aromatic N) is 1. The van der Waals surface area contributed by atoms with Crippen LogP contribution >= 0.6 is 38.9 Å². The zero-order chi connectivity index (χ0) is 17.1. The minimum Gasteiger partial charge on any atom is -0.241 e. The van der Waals surface area contributed by atoms with Crippen LogP contribution in [0.3, 0.4) is 0 Å². The van der Waals surface area contributed by atoms with Crippen LogP contribution in [0, 0.1) is 13.8 Å². The molecule has 0 saturated carbocycles. The molecule has 3 aromatic rings. The highest BCUT2D eigenvalue weighted by molar-refractivity contribution is 9.09. The van der Waals surface area contributed by atoms with Gasteiger partial charge in [0.15, 0.2) is 0 Å². The number of thiazole rings is 1.